The van der Waals surface area contributed by atoms with Crippen LogP contribution in [-0.4, -0.2) is 25.0 Å². The maximum atomic E-state index is 11.5. The summed E-state index contributed by atoms with van der Waals surface area (Å²) in [7, 11) is 0. The van der Waals surface area contributed by atoms with E-state index in [1.54, 1.807) is 0 Å². The summed E-state index contributed by atoms with van der Waals surface area (Å²) >= 11 is 0. The number of nitriles is 1. The normalized spacial score (nSPS) is 22.8. The molecule has 0 spiro atoms. The van der Waals surface area contributed by atoms with Gasteiger partial charge in [-0.25, -0.2) is 0 Å². The van der Waals surface area contributed by atoms with E-state index >= 15 is 0 Å². The highest BCUT2D eigenvalue weighted by molar-refractivity contribution is 5.76. The van der Waals surface area contributed by atoms with E-state index in [2.05, 4.69) is 10.6 Å². The van der Waals surface area contributed by atoms with Crippen LogP contribution in [0.25, 0.3) is 0 Å². The van der Waals surface area contributed by atoms with Crippen molar-refractivity contribution in [1.29, 1.82) is 5.26 Å². The highest BCUT2D eigenvalue weighted by atomic mass is 16.1. The molecule has 0 bridgehead atoms. The maximum Gasteiger partial charge on any atom is 0.220 e. The van der Waals surface area contributed by atoms with Gasteiger partial charge in [-0.15, -0.1) is 0 Å². The summed E-state index contributed by atoms with van der Waals surface area (Å²) < 4.78 is 0. The number of piperidine rings is 1. The van der Waals surface area contributed by atoms with E-state index in [1.165, 1.54) is 0 Å². The van der Waals surface area contributed by atoms with E-state index in [4.69, 9.17) is 5.26 Å². The smallest absolute Gasteiger partial charge is 0.220 e. The molecule has 4 heteroatoms. The molecular formula is C11H19N3O. The van der Waals surface area contributed by atoms with Crippen molar-refractivity contribution in [2.45, 2.75) is 38.6 Å². The first-order valence-electron chi connectivity index (χ1n) is 5.59. The third-order valence-corrected chi connectivity index (χ3v) is 2.68. The summed E-state index contributed by atoms with van der Waals surface area (Å²) in [5.74, 6) is 0.541. The van der Waals surface area contributed by atoms with E-state index in [1.807, 2.05) is 13.0 Å². The molecule has 4 nitrogen and oxygen atoms in total. The molecule has 1 saturated heterocycles. The third kappa shape index (κ3) is 4.80. The van der Waals surface area contributed by atoms with E-state index < -0.39 is 0 Å². The van der Waals surface area contributed by atoms with Crippen LogP contribution in [0.4, 0.5) is 0 Å². The minimum absolute atomic E-state index is 0.0287. The predicted octanol–water partition coefficient (Wildman–Crippen LogP) is 0.794. The van der Waals surface area contributed by atoms with Gasteiger partial charge in [0.1, 0.15) is 0 Å². The van der Waals surface area contributed by atoms with Gasteiger partial charge in [-0.1, -0.05) is 0 Å². The van der Waals surface area contributed by atoms with Crippen LogP contribution in [0.3, 0.4) is 0 Å². The standard InChI is InChI=1S/C11H19N3O/c1-9(4-5-12)14-11(15)7-10-3-2-6-13-8-10/h9-10,13H,2-4,6-8H2,1H3,(H,14,15). The molecule has 0 aromatic heterocycles. The molecule has 1 fully saturated rings. The largest absolute Gasteiger partial charge is 0.353 e. The summed E-state index contributed by atoms with van der Waals surface area (Å²) in [4.78, 5) is 11.5. The molecule has 0 aromatic rings. The Morgan fingerprint density at radius 1 is 1.73 bits per heavy atom. The second-order valence-corrected chi connectivity index (χ2v) is 4.25. The SMILES string of the molecule is CC(CC#N)NC(=O)CC1CCCNC1. The molecule has 1 amide bonds. The van der Waals surface area contributed by atoms with Gasteiger partial charge in [-0.05, 0) is 38.8 Å². The van der Waals surface area contributed by atoms with Crippen molar-refractivity contribution in [3.8, 4) is 6.07 Å². The molecule has 84 valence electrons. The molecule has 0 aliphatic carbocycles. The summed E-state index contributed by atoms with van der Waals surface area (Å²) in [6.07, 6.45) is 3.26. The second kappa shape index (κ2) is 6.41. The lowest BCUT2D eigenvalue weighted by atomic mass is 9.96. The van der Waals surface area contributed by atoms with Gasteiger partial charge in [0.15, 0.2) is 0 Å². The Morgan fingerprint density at radius 2 is 2.53 bits per heavy atom. The van der Waals surface area contributed by atoms with Gasteiger partial charge in [-0.2, -0.15) is 5.26 Å². The van der Waals surface area contributed by atoms with Crippen LogP contribution in [0.15, 0.2) is 0 Å². The molecule has 2 unspecified atom stereocenters. The average Bonchev–Trinajstić information content (AvgIpc) is 2.19. The zero-order valence-electron chi connectivity index (χ0n) is 9.25. The highest BCUT2D eigenvalue weighted by Crippen LogP contribution is 2.13. The predicted molar refractivity (Wildman–Crippen MR) is 58.0 cm³/mol. The zero-order chi connectivity index (χ0) is 11.1. The number of rotatable bonds is 4. The Labute approximate surface area is 91.0 Å². The fourth-order valence-corrected chi connectivity index (χ4v) is 1.88. The number of hydrogen-bond donors (Lipinski definition) is 2. The van der Waals surface area contributed by atoms with Crippen LogP contribution in [-0.2, 0) is 4.79 Å². The molecule has 2 N–H and O–H groups in total. The van der Waals surface area contributed by atoms with Crippen LogP contribution in [0.5, 0.6) is 0 Å². The van der Waals surface area contributed by atoms with Gasteiger partial charge in [0.05, 0.1) is 12.5 Å². The number of amides is 1. The van der Waals surface area contributed by atoms with Gasteiger partial charge in [-0.3, -0.25) is 4.79 Å². The van der Waals surface area contributed by atoms with Crippen LogP contribution in [0, 0.1) is 17.2 Å². The monoisotopic (exact) mass is 209 g/mol. The van der Waals surface area contributed by atoms with Gasteiger partial charge in [0, 0.05) is 12.5 Å². The molecule has 2 atom stereocenters. The van der Waals surface area contributed by atoms with E-state index in [0.29, 0.717) is 18.8 Å². The number of hydrogen-bond acceptors (Lipinski definition) is 3. The lowest BCUT2D eigenvalue weighted by molar-refractivity contribution is -0.122. The lowest BCUT2D eigenvalue weighted by Gasteiger charge is -2.22. The van der Waals surface area contributed by atoms with Crippen molar-refractivity contribution in [3.05, 3.63) is 0 Å². The molecule has 1 rings (SSSR count). The van der Waals surface area contributed by atoms with Crippen LogP contribution in [0.1, 0.15) is 32.6 Å². The first-order valence-corrected chi connectivity index (χ1v) is 5.59. The quantitative estimate of drug-likeness (QED) is 0.719. The average molecular weight is 209 g/mol. The fourth-order valence-electron chi connectivity index (χ4n) is 1.88. The van der Waals surface area contributed by atoms with E-state index in [0.717, 1.165) is 25.9 Å². The summed E-state index contributed by atoms with van der Waals surface area (Å²) in [5, 5.41) is 14.6. The number of carbonyl (C=O) groups excluding carboxylic acids is 1. The topological polar surface area (TPSA) is 64.9 Å². The molecule has 0 aromatic carbocycles. The fraction of sp³-hybridized carbons (Fsp3) is 0.818. The van der Waals surface area contributed by atoms with Gasteiger partial charge in [0.2, 0.25) is 5.91 Å². The zero-order valence-corrected chi connectivity index (χ0v) is 9.25. The van der Waals surface area contributed by atoms with Crippen LogP contribution < -0.4 is 10.6 Å². The minimum atomic E-state index is -0.0287. The highest BCUT2D eigenvalue weighted by Gasteiger charge is 2.17. The van der Waals surface area contributed by atoms with Gasteiger partial charge >= 0.3 is 0 Å². The minimum Gasteiger partial charge on any atom is -0.353 e. The van der Waals surface area contributed by atoms with E-state index in [9.17, 15) is 4.79 Å². The first kappa shape index (κ1) is 12.0. The molecule has 0 saturated carbocycles. The number of carbonyl (C=O) groups is 1. The third-order valence-electron chi connectivity index (χ3n) is 2.68. The summed E-state index contributed by atoms with van der Waals surface area (Å²) in [6.45, 7) is 3.88. The molecule has 0 radical (unpaired) electrons. The van der Waals surface area contributed by atoms with Gasteiger partial charge < -0.3 is 10.6 Å². The Bertz CT molecular complexity index is 241. The maximum absolute atomic E-state index is 11.5. The van der Waals surface area contributed by atoms with Crippen LogP contribution in [0.2, 0.25) is 0 Å². The Kier molecular flexibility index (Phi) is 5.13. The second-order valence-electron chi connectivity index (χ2n) is 4.25. The molecule has 1 heterocycles. The van der Waals surface area contributed by atoms with Crippen molar-refractivity contribution in [2.75, 3.05) is 13.1 Å². The van der Waals surface area contributed by atoms with Crippen molar-refractivity contribution in [3.63, 3.8) is 0 Å². The summed E-state index contributed by atoms with van der Waals surface area (Å²) in [6, 6.07) is 2.02. The Hall–Kier alpha value is -1.08. The Balaban J connectivity index is 2.20. The molecule has 15 heavy (non-hydrogen) atoms. The molecular weight excluding hydrogens is 190 g/mol. The van der Waals surface area contributed by atoms with Crippen molar-refractivity contribution < 1.29 is 4.79 Å². The number of nitrogens with one attached hydrogen (secondary N) is 2. The molecule has 1 aliphatic rings. The van der Waals surface area contributed by atoms with Crippen molar-refractivity contribution >= 4 is 5.91 Å². The van der Waals surface area contributed by atoms with Crippen LogP contribution >= 0.6 is 0 Å². The molecule has 1 aliphatic heterocycles. The van der Waals surface area contributed by atoms with E-state index in [-0.39, 0.29) is 11.9 Å². The summed E-state index contributed by atoms with van der Waals surface area (Å²) in [5.41, 5.74) is 0. The lowest BCUT2D eigenvalue weighted by Crippen LogP contribution is -2.37. The van der Waals surface area contributed by atoms with Gasteiger partial charge in [0.25, 0.3) is 0 Å². The Morgan fingerprint density at radius 3 is 3.13 bits per heavy atom. The number of nitrogens with zero attached hydrogens (tertiary/aromatic N) is 1. The first-order chi connectivity index (χ1) is 7.22. The van der Waals surface area contributed by atoms with Crippen molar-refractivity contribution in [2.24, 2.45) is 5.92 Å². The van der Waals surface area contributed by atoms with Crippen molar-refractivity contribution in [1.82, 2.24) is 10.6 Å².